The average molecular weight is 496 g/mol. The zero-order valence-electron chi connectivity index (χ0n) is 21.7. The van der Waals surface area contributed by atoms with E-state index in [1.54, 1.807) is 23.1 Å². The number of amides is 1. The van der Waals surface area contributed by atoms with Crippen LogP contribution in [0, 0.1) is 0 Å². The zero-order chi connectivity index (χ0) is 26.1. The number of benzene rings is 1. The summed E-state index contributed by atoms with van der Waals surface area (Å²) in [7, 11) is 0. The molecule has 1 aliphatic heterocycles. The highest BCUT2D eigenvalue weighted by Crippen LogP contribution is 2.42. The first kappa shape index (κ1) is 27.2. The number of hydrogen-bond donors (Lipinski definition) is 1. The topological polar surface area (TPSA) is 92.2 Å². The van der Waals surface area contributed by atoms with Crippen LogP contribution in [0.4, 0.5) is 0 Å². The van der Waals surface area contributed by atoms with Crippen LogP contribution in [0.2, 0.25) is 0 Å². The third-order valence-electron chi connectivity index (χ3n) is 6.31. The van der Waals surface area contributed by atoms with Gasteiger partial charge in [0.1, 0.15) is 5.76 Å². The minimum atomic E-state index is -0.741. The van der Waals surface area contributed by atoms with Gasteiger partial charge in [-0.1, -0.05) is 26.8 Å². The van der Waals surface area contributed by atoms with Gasteiger partial charge in [0.25, 0.3) is 11.7 Å². The second-order valence-corrected chi connectivity index (χ2v) is 8.60. The quantitative estimate of drug-likeness (QED) is 0.250. The second kappa shape index (κ2) is 13.1. The predicted molar refractivity (Wildman–Crippen MR) is 139 cm³/mol. The molecule has 1 saturated heterocycles. The zero-order valence-corrected chi connectivity index (χ0v) is 21.7. The van der Waals surface area contributed by atoms with Gasteiger partial charge in [-0.3, -0.25) is 14.6 Å². The number of likely N-dealkylation sites (tertiary alicyclic amines) is 1. The lowest BCUT2D eigenvalue weighted by molar-refractivity contribution is -0.140. The van der Waals surface area contributed by atoms with E-state index in [1.807, 2.05) is 26.0 Å². The average Bonchev–Trinajstić information content (AvgIpc) is 3.15. The predicted octanol–water partition coefficient (Wildman–Crippen LogP) is 4.42. The van der Waals surface area contributed by atoms with E-state index >= 15 is 0 Å². The Hall–Kier alpha value is -3.39. The van der Waals surface area contributed by atoms with Crippen molar-refractivity contribution >= 4 is 17.4 Å². The van der Waals surface area contributed by atoms with Crippen LogP contribution in [-0.2, 0) is 9.59 Å². The third kappa shape index (κ3) is 6.05. The lowest BCUT2D eigenvalue weighted by Crippen LogP contribution is -2.33. The third-order valence-corrected chi connectivity index (χ3v) is 6.31. The molecule has 8 nitrogen and oxygen atoms in total. The van der Waals surface area contributed by atoms with Crippen molar-refractivity contribution in [1.29, 1.82) is 0 Å². The highest BCUT2D eigenvalue weighted by Gasteiger charge is 2.46. The van der Waals surface area contributed by atoms with E-state index in [0.29, 0.717) is 48.8 Å². The number of aliphatic hydroxyl groups excluding tert-OH is 1. The number of ketones is 1. The Morgan fingerprint density at radius 1 is 1.03 bits per heavy atom. The molecular formula is C28H37N3O5. The molecule has 1 aromatic carbocycles. The van der Waals surface area contributed by atoms with E-state index in [1.165, 1.54) is 12.4 Å². The maximum Gasteiger partial charge on any atom is 0.295 e. The summed E-state index contributed by atoms with van der Waals surface area (Å²) in [5, 5.41) is 11.2. The molecule has 36 heavy (non-hydrogen) atoms. The van der Waals surface area contributed by atoms with Gasteiger partial charge in [0.15, 0.2) is 11.5 Å². The summed E-state index contributed by atoms with van der Waals surface area (Å²) in [4.78, 5) is 34.3. The van der Waals surface area contributed by atoms with Crippen molar-refractivity contribution in [3.05, 3.63) is 59.4 Å². The SMILES string of the molecule is CCCOc1ccc(C2C(=C(O)c3ccncc3)C(=O)C(=O)N2CCCN(CC)CC)cc1OCC. The number of hydrogen-bond acceptors (Lipinski definition) is 7. The van der Waals surface area contributed by atoms with Crippen LogP contribution in [0.1, 0.15) is 57.7 Å². The van der Waals surface area contributed by atoms with Crippen LogP contribution >= 0.6 is 0 Å². The van der Waals surface area contributed by atoms with Crippen LogP contribution < -0.4 is 9.47 Å². The maximum atomic E-state index is 13.3. The van der Waals surface area contributed by atoms with E-state index in [-0.39, 0.29) is 11.3 Å². The maximum absolute atomic E-state index is 13.3. The standard InChI is InChI=1S/C28H37N3O5/c1-5-18-36-22-11-10-21(19-23(22)35-8-4)25-24(26(32)20-12-14-29-15-13-20)27(33)28(34)31(25)17-9-16-30(6-2)7-3/h10-15,19,25,32H,5-9,16-18H2,1-4H3. The molecule has 0 radical (unpaired) electrons. The minimum Gasteiger partial charge on any atom is -0.507 e. The fourth-order valence-electron chi connectivity index (χ4n) is 4.42. The molecular weight excluding hydrogens is 458 g/mol. The van der Waals surface area contributed by atoms with Gasteiger partial charge in [0.2, 0.25) is 0 Å². The molecule has 8 heteroatoms. The van der Waals surface area contributed by atoms with Gasteiger partial charge in [-0.15, -0.1) is 0 Å². The molecule has 3 rings (SSSR count). The Kier molecular flexibility index (Phi) is 9.87. The van der Waals surface area contributed by atoms with E-state index in [4.69, 9.17) is 9.47 Å². The minimum absolute atomic E-state index is 0.0683. The molecule has 2 aromatic rings. The van der Waals surface area contributed by atoms with Crippen molar-refractivity contribution in [2.24, 2.45) is 0 Å². The summed E-state index contributed by atoms with van der Waals surface area (Å²) in [5.74, 6) is -0.367. The molecule has 1 aliphatic rings. The summed E-state index contributed by atoms with van der Waals surface area (Å²) < 4.78 is 11.7. The molecule has 1 fully saturated rings. The number of ether oxygens (including phenoxy) is 2. The molecule has 0 aliphatic carbocycles. The fourth-order valence-corrected chi connectivity index (χ4v) is 4.42. The highest BCUT2D eigenvalue weighted by molar-refractivity contribution is 6.46. The van der Waals surface area contributed by atoms with Gasteiger partial charge >= 0.3 is 0 Å². The largest absolute Gasteiger partial charge is 0.507 e. The summed E-state index contributed by atoms with van der Waals surface area (Å²) >= 11 is 0. The lowest BCUT2D eigenvalue weighted by atomic mass is 9.95. The number of Topliss-reactive ketones (excluding diaryl/α,β-unsaturated/α-hetero) is 1. The highest BCUT2D eigenvalue weighted by atomic mass is 16.5. The Labute approximate surface area is 213 Å². The number of nitrogens with zero attached hydrogens (tertiary/aromatic N) is 3. The molecule has 0 bridgehead atoms. The Balaban J connectivity index is 2.07. The Bertz CT molecular complexity index is 1070. The van der Waals surface area contributed by atoms with Gasteiger partial charge in [0.05, 0.1) is 24.8 Å². The lowest BCUT2D eigenvalue weighted by Gasteiger charge is -2.27. The van der Waals surface area contributed by atoms with Crippen LogP contribution in [0.3, 0.4) is 0 Å². The van der Waals surface area contributed by atoms with E-state index in [0.717, 1.165) is 26.1 Å². The first-order valence-electron chi connectivity index (χ1n) is 12.8. The van der Waals surface area contributed by atoms with Crippen LogP contribution in [0.25, 0.3) is 5.76 Å². The van der Waals surface area contributed by atoms with Gasteiger partial charge < -0.3 is 24.4 Å². The number of pyridine rings is 1. The molecule has 1 N–H and O–H groups in total. The Morgan fingerprint density at radius 2 is 1.75 bits per heavy atom. The van der Waals surface area contributed by atoms with Gasteiger partial charge in [-0.05, 0) is 69.2 Å². The van der Waals surface area contributed by atoms with E-state index < -0.39 is 17.7 Å². The van der Waals surface area contributed by atoms with Crippen molar-refractivity contribution < 1.29 is 24.2 Å². The van der Waals surface area contributed by atoms with Crippen molar-refractivity contribution in [2.45, 2.75) is 46.6 Å². The molecule has 2 heterocycles. The van der Waals surface area contributed by atoms with E-state index in [9.17, 15) is 14.7 Å². The molecule has 1 unspecified atom stereocenters. The molecule has 0 saturated carbocycles. The van der Waals surface area contributed by atoms with Crippen molar-refractivity contribution in [3.63, 3.8) is 0 Å². The van der Waals surface area contributed by atoms with Crippen LogP contribution in [0.15, 0.2) is 48.3 Å². The first-order chi connectivity index (χ1) is 17.5. The summed E-state index contributed by atoms with van der Waals surface area (Å²) in [6, 6.07) is 7.94. The van der Waals surface area contributed by atoms with Gasteiger partial charge in [-0.25, -0.2) is 0 Å². The van der Waals surface area contributed by atoms with E-state index in [2.05, 4.69) is 23.7 Å². The normalized spacial score (nSPS) is 17.1. The molecule has 1 aromatic heterocycles. The molecule has 1 atom stereocenters. The molecule has 194 valence electrons. The second-order valence-electron chi connectivity index (χ2n) is 8.60. The fraction of sp³-hybridized carbons (Fsp3) is 0.464. The summed E-state index contributed by atoms with van der Waals surface area (Å²) in [5.41, 5.74) is 1.18. The van der Waals surface area contributed by atoms with Crippen LogP contribution in [0.5, 0.6) is 11.5 Å². The summed E-state index contributed by atoms with van der Waals surface area (Å²) in [6.07, 6.45) is 4.64. The van der Waals surface area contributed by atoms with Crippen molar-refractivity contribution in [1.82, 2.24) is 14.8 Å². The number of carbonyl (C=O) groups excluding carboxylic acids is 2. The Morgan fingerprint density at radius 3 is 2.39 bits per heavy atom. The summed E-state index contributed by atoms with van der Waals surface area (Å²) in [6.45, 7) is 12.1. The first-order valence-corrected chi connectivity index (χ1v) is 12.8. The number of rotatable bonds is 13. The molecule has 1 amide bonds. The number of aromatic nitrogens is 1. The van der Waals surface area contributed by atoms with Crippen LogP contribution in [-0.4, -0.2) is 71.0 Å². The molecule has 0 spiro atoms. The monoisotopic (exact) mass is 495 g/mol. The van der Waals surface area contributed by atoms with Crippen molar-refractivity contribution in [3.8, 4) is 11.5 Å². The van der Waals surface area contributed by atoms with Crippen molar-refractivity contribution in [2.75, 3.05) is 39.4 Å². The number of aliphatic hydroxyl groups is 1. The van der Waals surface area contributed by atoms with Gasteiger partial charge in [0, 0.05) is 24.5 Å². The number of carbonyl (C=O) groups is 2. The smallest absolute Gasteiger partial charge is 0.295 e. The van der Waals surface area contributed by atoms with Gasteiger partial charge in [-0.2, -0.15) is 0 Å².